The standard InChI is InChI=1S/C14H17NO3/c1-3-17-10-7-14(16)13(11-18-4-2)12-5-8-15-9-6-12/h5-11H,3-4H2,1-2H3. The summed E-state index contributed by atoms with van der Waals surface area (Å²) >= 11 is 0. The maximum absolute atomic E-state index is 12.0. The van der Waals surface area contributed by atoms with Gasteiger partial charge < -0.3 is 9.47 Å². The SMILES string of the molecule is CCOC=CC(=O)C(=COCC)c1ccncc1. The molecule has 0 aliphatic carbocycles. The molecule has 0 aromatic carbocycles. The number of hydrogen-bond acceptors (Lipinski definition) is 4. The Bertz CT molecular complexity index is 424. The van der Waals surface area contributed by atoms with Gasteiger partial charge in [-0.2, -0.15) is 0 Å². The zero-order valence-corrected chi connectivity index (χ0v) is 10.6. The lowest BCUT2D eigenvalue weighted by Crippen LogP contribution is -2.00. The monoisotopic (exact) mass is 247 g/mol. The minimum absolute atomic E-state index is 0.164. The van der Waals surface area contributed by atoms with Crippen LogP contribution >= 0.6 is 0 Å². The van der Waals surface area contributed by atoms with Crippen LogP contribution in [0.15, 0.2) is 43.1 Å². The highest BCUT2D eigenvalue weighted by molar-refractivity contribution is 6.25. The molecule has 0 fully saturated rings. The first kappa shape index (κ1) is 14.0. The van der Waals surface area contributed by atoms with E-state index in [0.29, 0.717) is 18.8 Å². The maximum atomic E-state index is 12.0. The fraction of sp³-hybridized carbons (Fsp3) is 0.286. The molecule has 0 aliphatic heterocycles. The van der Waals surface area contributed by atoms with Crippen molar-refractivity contribution in [3.63, 3.8) is 0 Å². The number of rotatable bonds is 7. The molecular weight excluding hydrogens is 230 g/mol. The second-order valence-electron chi connectivity index (χ2n) is 3.35. The summed E-state index contributed by atoms with van der Waals surface area (Å²) in [5.74, 6) is -0.164. The Kier molecular flexibility index (Phi) is 6.25. The molecule has 0 radical (unpaired) electrons. The van der Waals surface area contributed by atoms with Crippen LogP contribution in [-0.4, -0.2) is 24.0 Å². The minimum Gasteiger partial charge on any atom is -0.501 e. The molecule has 0 N–H and O–H groups in total. The summed E-state index contributed by atoms with van der Waals surface area (Å²) in [6.07, 6.45) is 7.51. The van der Waals surface area contributed by atoms with Crippen molar-refractivity contribution >= 4 is 11.4 Å². The molecule has 0 aliphatic rings. The number of pyridine rings is 1. The van der Waals surface area contributed by atoms with Gasteiger partial charge in [0.15, 0.2) is 5.78 Å². The molecule has 0 bridgehead atoms. The molecule has 0 unspecified atom stereocenters. The van der Waals surface area contributed by atoms with Gasteiger partial charge in [0.2, 0.25) is 0 Å². The predicted molar refractivity (Wildman–Crippen MR) is 69.6 cm³/mol. The van der Waals surface area contributed by atoms with Crippen molar-refractivity contribution in [3.05, 3.63) is 48.7 Å². The van der Waals surface area contributed by atoms with E-state index < -0.39 is 0 Å². The third kappa shape index (κ3) is 4.41. The smallest absolute Gasteiger partial charge is 0.192 e. The van der Waals surface area contributed by atoms with Gasteiger partial charge in [-0.15, -0.1) is 0 Å². The van der Waals surface area contributed by atoms with E-state index in [1.165, 1.54) is 18.6 Å². The Balaban J connectivity index is 2.89. The molecule has 1 aromatic rings. The van der Waals surface area contributed by atoms with Crippen LogP contribution in [0.5, 0.6) is 0 Å². The molecular formula is C14H17NO3. The second kappa shape index (κ2) is 8.06. The number of allylic oxidation sites excluding steroid dienone is 2. The summed E-state index contributed by atoms with van der Waals surface area (Å²) in [5, 5.41) is 0. The van der Waals surface area contributed by atoms with Gasteiger partial charge in [0.25, 0.3) is 0 Å². The summed E-state index contributed by atoms with van der Waals surface area (Å²) < 4.78 is 10.2. The van der Waals surface area contributed by atoms with Crippen molar-refractivity contribution in [1.82, 2.24) is 4.98 Å². The molecule has 1 aromatic heterocycles. The minimum atomic E-state index is -0.164. The molecule has 0 saturated carbocycles. The van der Waals surface area contributed by atoms with Crippen LogP contribution in [-0.2, 0) is 14.3 Å². The third-order valence-electron chi connectivity index (χ3n) is 2.11. The molecule has 4 nitrogen and oxygen atoms in total. The van der Waals surface area contributed by atoms with Crippen LogP contribution in [0.3, 0.4) is 0 Å². The topological polar surface area (TPSA) is 48.4 Å². The van der Waals surface area contributed by atoms with E-state index in [9.17, 15) is 4.79 Å². The first-order valence-electron chi connectivity index (χ1n) is 5.84. The highest BCUT2D eigenvalue weighted by Gasteiger charge is 2.09. The number of hydrogen-bond donors (Lipinski definition) is 0. The summed E-state index contributed by atoms with van der Waals surface area (Å²) in [6, 6.07) is 3.52. The van der Waals surface area contributed by atoms with E-state index in [1.807, 2.05) is 13.8 Å². The van der Waals surface area contributed by atoms with Crippen molar-refractivity contribution in [1.29, 1.82) is 0 Å². The van der Waals surface area contributed by atoms with Crippen LogP contribution < -0.4 is 0 Å². The number of ketones is 1. The molecule has 18 heavy (non-hydrogen) atoms. The maximum Gasteiger partial charge on any atom is 0.192 e. The van der Waals surface area contributed by atoms with E-state index in [-0.39, 0.29) is 5.78 Å². The zero-order chi connectivity index (χ0) is 13.2. The summed E-state index contributed by atoms with van der Waals surface area (Å²) in [4.78, 5) is 15.9. The molecule has 0 atom stereocenters. The molecule has 96 valence electrons. The largest absolute Gasteiger partial charge is 0.501 e. The normalized spacial score (nSPS) is 11.6. The lowest BCUT2D eigenvalue weighted by Gasteiger charge is -2.04. The van der Waals surface area contributed by atoms with Gasteiger partial charge in [0, 0.05) is 18.5 Å². The fourth-order valence-corrected chi connectivity index (χ4v) is 1.26. The Labute approximate surface area is 107 Å². The number of ether oxygens (including phenoxy) is 2. The Morgan fingerprint density at radius 3 is 2.50 bits per heavy atom. The van der Waals surface area contributed by atoms with Crippen LogP contribution in [0.4, 0.5) is 0 Å². The van der Waals surface area contributed by atoms with E-state index in [4.69, 9.17) is 9.47 Å². The van der Waals surface area contributed by atoms with Gasteiger partial charge in [-0.1, -0.05) is 0 Å². The van der Waals surface area contributed by atoms with Crippen molar-refractivity contribution in [2.24, 2.45) is 0 Å². The lowest BCUT2D eigenvalue weighted by atomic mass is 10.0. The van der Waals surface area contributed by atoms with E-state index in [1.54, 1.807) is 24.5 Å². The first-order valence-corrected chi connectivity index (χ1v) is 5.84. The second-order valence-corrected chi connectivity index (χ2v) is 3.35. The molecule has 0 saturated heterocycles. The Morgan fingerprint density at radius 2 is 1.89 bits per heavy atom. The number of carbonyl (C=O) groups is 1. The predicted octanol–water partition coefficient (Wildman–Crippen LogP) is 2.58. The van der Waals surface area contributed by atoms with Gasteiger partial charge in [0.05, 0.1) is 31.3 Å². The van der Waals surface area contributed by atoms with E-state index in [0.717, 1.165) is 5.56 Å². The van der Waals surface area contributed by atoms with Crippen molar-refractivity contribution in [2.45, 2.75) is 13.8 Å². The van der Waals surface area contributed by atoms with Gasteiger partial charge in [0.1, 0.15) is 0 Å². The van der Waals surface area contributed by atoms with Crippen molar-refractivity contribution in [3.8, 4) is 0 Å². The number of carbonyl (C=O) groups excluding carboxylic acids is 1. The summed E-state index contributed by atoms with van der Waals surface area (Å²) in [6.45, 7) is 4.76. The third-order valence-corrected chi connectivity index (χ3v) is 2.11. The van der Waals surface area contributed by atoms with Crippen LogP contribution in [0.1, 0.15) is 19.4 Å². The van der Waals surface area contributed by atoms with Gasteiger partial charge in [-0.3, -0.25) is 9.78 Å². The summed E-state index contributed by atoms with van der Waals surface area (Å²) in [7, 11) is 0. The van der Waals surface area contributed by atoms with Crippen LogP contribution in [0.2, 0.25) is 0 Å². The van der Waals surface area contributed by atoms with Crippen LogP contribution in [0, 0.1) is 0 Å². The number of nitrogens with zero attached hydrogens (tertiary/aromatic N) is 1. The molecule has 1 rings (SSSR count). The molecule has 0 amide bonds. The fourth-order valence-electron chi connectivity index (χ4n) is 1.26. The Hall–Kier alpha value is -2.10. The van der Waals surface area contributed by atoms with Crippen molar-refractivity contribution in [2.75, 3.05) is 13.2 Å². The highest BCUT2D eigenvalue weighted by atomic mass is 16.5. The van der Waals surface area contributed by atoms with E-state index >= 15 is 0 Å². The highest BCUT2D eigenvalue weighted by Crippen LogP contribution is 2.15. The first-order chi connectivity index (χ1) is 8.79. The number of aromatic nitrogens is 1. The van der Waals surface area contributed by atoms with E-state index in [2.05, 4.69) is 4.98 Å². The molecule has 0 spiro atoms. The lowest BCUT2D eigenvalue weighted by molar-refractivity contribution is -0.109. The van der Waals surface area contributed by atoms with Gasteiger partial charge >= 0.3 is 0 Å². The van der Waals surface area contributed by atoms with Crippen LogP contribution in [0.25, 0.3) is 5.57 Å². The quantitative estimate of drug-likeness (QED) is 0.549. The van der Waals surface area contributed by atoms with Gasteiger partial charge in [-0.05, 0) is 31.5 Å². The molecule has 1 heterocycles. The van der Waals surface area contributed by atoms with Crippen molar-refractivity contribution < 1.29 is 14.3 Å². The summed E-state index contributed by atoms with van der Waals surface area (Å²) in [5.41, 5.74) is 1.25. The van der Waals surface area contributed by atoms with Gasteiger partial charge in [-0.25, -0.2) is 0 Å². The average molecular weight is 247 g/mol. The Morgan fingerprint density at radius 1 is 1.22 bits per heavy atom. The average Bonchev–Trinajstić information content (AvgIpc) is 2.41. The molecule has 4 heteroatoms. The zero-order valence-electron chi connectivity index (χ0n) is 10.6.